The number of rotatable bonds is 3. The van der Waals surface area contributed by atoms with Crippen LogP contribution in [0.3, 0.4) is 0 Å². The van der Waals surface area contributed by atoms with E-state index in [1.54, 1.807) is 6.92 Å². The molecule has 1 saturated heterocycles. The molecule has 0 aromatic rings. The zero-order valence-electron chi connectivity index (χ0n) is 9.40. The Balaban J connectivity index is 2.31. The van der Waals surface area contributed by atoms with Crippen molar-refractivity contribution < 1.29 is 9.59 Å². The largest absolute Gasteiger partial charge is 0.369 e. The predicted octanol–water partition coefficient (Wildman–Crippen LogP) is -0.728. The highest BCUT2D eigenvalue weighted by Gasteiger charge is 2.21. The SMILES string of the molecule is CC(=O)N1CCN(CC(C)C(N)=O)CC1. The Kier molecular flexibility index (Phi) is 4.08. The molecular formula is C10H19N3O2. The molecule has 1 heterocycles. The van der Waals surface area contributed by atoms with Gasteiger partial charge in [-0.25, -0.2) is 0 Å². The first-order valence-electron chi connectivity index (χ1n) is 5.28. The number of primary amides is 1. The number of piperazine rings is 1. The van der Waals surface area contributed by atoms with Crippen molar-refractivity contribution in [2.24, 2.45) is 11.7 Å². The lowest BCUT2D eigenvalue weighted by atomic mass is 10.1. The van der Waals surface area contributed by atoms with Crippen molar-refractivity contribution in [3.63, 3.8) is 0 Å². The van der Waals surface area contributed by atoms with Crippen molar-refractivity contribution in [3.05, 3.63) is 0 Å². The zero-order chi connectivity index (χ0) is 11.4. The summed E-state index contributed by atoms with van der Waals surface area (Å²) in [5.74, 6) is -0.254. The summed E-state index contributed by atoms with van der Waals surface area (Å²) in [6, 6.07) is 0. The average molecular weight is 213 g/mol. The van der Waals surface area contributed by atoms with Gasteiger partial charge in [-0.3, -0.25) is 14.5 Å². The van der Waals surface area contributed by atoms with Crippen LogP contribution in [-0.4, -0.2) is 54.3 Å². The van der Waals surface area contributed by atoms with E-state index in [4.69, 9.17) is 5.73 Å². The van der Waals surface area contributed by atoms with Crippen LogP contribution in [0.2, 0.25) is 0 Å². The van der Waals surface area contributed by atoms with E-state index < -0.39 is 0 Å². The van der Waals surface area contributed by atoms with Crippen LogP contribution in [0.25, 0.3) is 0 Å². The zero-order valence-corrected chi connectivity index (χ0v) is 9.40. The molecule has 15 heavy (non-hydrogen) atoms. The standard InChI is InChI=1S/C10H19N3O2/c1-8(10(11)15)7-12-3-5-13(6-4-12)9(2)14/h8H,3-7H2,1-2H3,(H2,11,15). The van der Waals surface area contributed by atoms with Crippen LogP contribution >= 0.6 is 0 Å². The maximum Gasteiger partial charge on any atom is 0.221 e. The van der Waals surface area contributed by atoms with Crippen LogP contribution in [0.1, 0.15) is 13.8 Å². The van der Waals surface area contributed by atoms with E-state index in [1.165, 1.54) is 0 Å². The number of carbonyl (C=O) groups is 2. The molecular weight excluding hydrogens is 194 g/mol. The smallest absolute Gasteiger partial charge is 0.221 e. The van der Waals surface area contributed by atoms with Crippen molar-refractivity contribution in [1.82, 2.24) is 9.80 Å². The van der Waals surface area contributed by atoms with E-state index in [1.807, 2.05) is 11.8 Å². The van der Waals surface area contributed by atoms with E-state index in [0.717, 1.165) is 26.2 Å². The van der Waals surface area contributed by atoms with E-state index >= 15 is 0 Å². The molecule has 5 heteroatoms. The lowest BCUT2D eigenvalue weighted by Crippen LogP contribution is -2.49. The molecule has 86 valence electrons. The molecule has 1 aliphatic rings. The Hall–Kier alpha value is -1.10. The highest BCUT2D eigenvalue weighted by atomic mass is 16.2. The second-order valence-electron chi connectivity index (χ2n) is 4.11. The lowest BCUT2D eigenvalue weighted by Gasteiger charge is -2.34. The van der Waals surface area contributed by atoms with Gasteiger partial charge in [0.05, 0.1) is 0 Å². The minimum atomic E-state index is -0.260. The molecule has 0 aromatic heterocycles. The van der Waals surface area contributed by atoms with Crippen LogP contribution in [0, 0.1) is 5.92 Å². The fraction of sp³-hybridized carbons (Fsp3) is 0.800. The molecule has 5 nitrogen and oxygen atoms in total. The molecule has 0 bridgehead atoms. The number of hydrogen-bond acceptors (Lipinski definition) is 3. The van der Waals surface area contributed by atoms with Gasteiger partial charge >= 0.3 is 0 Å². The monoisotopic (exact) mass is 213 g/mol. The van der Waals surface area contributed by atoms with Gasteiger partial charge in [0, 0.05) is 45.6 Å². The average Bonchev–Trinajstić information content (AvgIpc) is 2.18. The molecule has 1 rings (SSSR count). The first-order chi connectivity index (χ1) is 7.00. The normalized spacial score (nSPS) is 20.0. The molecule has 0 saturated carbocycles. The fourth-order valence-electron chi connectivity index (χ4n) is 1.72. The van der Waals surface area contributed by atoms with Gasteiger partial charge in [0.2, 0.25) is 11.8 Å². The number of amides is 2. The van der Waals surface area contributed by atoms with Crippen LogP contribution in [0.15, 0.2) is 0 Å². The molecule has 0 aromatic carbocycles. The molecule has 1 fully saturated rings. The summed E-state index contributed by atoms with van der Waals surface area (Å²) in [7, 11) is 0. The second kappa shape index (κ2) is 5.11. The van der Waals surface area contributed by atoms with Gasteiger partial charge in [0.25, 0.3) is 0 Å². The number of nitrogens with zero attached hydrogens (tertiary/aromatic N) is 2. The van der Waals surface area contributed by atoms with Gasteiger partial charge in [-0.05, 0) is 0 Å². The van der Waals surface area contributed by atoms with Gasteiger partial charge in [-0.15, -0.1) is 0 Å². The quantitative estimate of drug-likeness (QED) is 0.672. The van der Waals surface area contributed by atoms with Gasteiger partial charge in [0.1, 0.15) is 0 Å². The molecule has 2 amide bonds. The van der Waals surface area contributed by atoms with Gasteiger partial charge in [-0.2, -0.15) is 0 Å². The summed E-state index contributed by atoms with van der Waals surface area (Å²) in [6.45, 7) is 7.28. The van der Waals surface area contributed by atoms with E-state index in [-0.39, 0.29) is 17.7 Å². The summed E-state index contributed by atoms with van der Waals surface area (Å²) < 4.78 is 0. The Morgan fingerprint density at radius 2 is 1.80 bits per heavy atom. The maximum atomic E-state index is 11.1. The van der Waals surface area contributed by atoms with E-state index in [9.17, 15) is 9.59 Å². The molecule has 1 aliphatic heterocycles. The number of nitrogens with two attached hydrogens (primary N) is 1. The van der Waals surface area contributed by atoms with Crippen LogP contribution < -0.4 is 5.73 Å². The third-order valence-corrected chi connectivity index (χ3v) is 2.84. The molecule has 0 aliphatic carbocycles. The van der Waals surface area contributed by atoms with Gasteiger partial charge < -0.3 is 10.6 Å². The molecule has 0 radical (unpaired) electrons. The van der Waals surface area contributed by atoms with E-state index in [2.05, 4.69) is 4.90 Å². The Labute approximate surface area is 90.2 Å². The lowest BCUT2D eigenvalue weighted by molar-refractivity contribution is -0.131. The van der Waals surface area contributed by atoms with Crippen LogP contribution in [0.4, 0.5) is 0 Å². The highest BCUT2D eigenvalue weighted by Crippen LogP contribution is 2.05. The van der Waals surface area contributed by atoms with Crippen molar-refractivity contribution in [3.8, 4) is 0 Å². The highest BCUT2D eigenvalue weighted by molar-refractivity contribution is 5.76. The minimum absolute atomic E-state index is 0.117. The molecule has 2 N–H and O–H groups in total. The van der Waals surface area contributed by atoms with Crippen molar-refractivity contribution in [2.75, 3.05) is 32.7 Å². The fourth-order valence-corrected chi connectivity index (χ4v) is 1.72. The Morgan fingerprint density at radius 1 is 1.27 bits per heavy atom. The van der Waals surface area contributed by atoms with Crippen LogP contribution in [-0.2, 0) is 9.59 Å². The van der Waals surface area contributed by atoms with Crippen molar-refractivity contribution in [2.45, 2.75) is 13.8 Å². The summed E-state index contributed by atoms with van der Waals surface area (Å²) in [5.41, 5.74) is 5.20. The predicted molar refractivity (Wildman–Crippen MR) is 57.1 cm³/mol. The Morgan fingerprint density at radius 3 is 2.20 bits per heavy atom. The van der Waals surface area contributed by atoms with Gasteiger partial charge in [0.15, 0.2) is 0 Å². The summed E-state index contributed by atoms with van der Waals surface area (Å²) in [4.78, 5) is 25.9. The van der Waals surface area contributed by atoms with E-state index in [0.29, 0.717) is 6.54 Å². The summed E-state index contributed by atoms with van der Waals surface area (Å²) in [6.07, 6.45) is 0. The Bertz CT molecular complexity index is 247. The van der Waals surface area contributed by atoms with Gasteiger partial charge in [-0.1, -0.05) is 6.92 Å². The third kappa shape index (κ3) is 3.51. The topological polar surface area (TPSA) is 66.6 Å². The number of hydrogen-bond donors (Lipinski definition) is 1. The van der Waals surface area contributed by atoms with Crippen molar-refractivity contribution >= 4 is 11.8 Å². The second-order valence-corrected chi connectivity index (χ2v) is 4.11. The summed E-state index contributed by atoms with van der Waals surface area (Å²) >= 11 is 0. The number of carbonyl (C=O) groups excluding carboxylic acids is 2. The molecule has 0 spiro atoms. The summed E-state index contributed by atoms with van der Waals surface area (Å²) in [5, 5.41) is 0. The first kappa shape index (κ1) is 12.0. The van der Waals surface area contributed by atoms with Crippen LogP contribution in [0.5, 0.6) is 0 Å². The molecule has 1 unspecified atom stereocenters. The van der Waals surface area contributed by atoms with Crippen molar-refractivity contribution in [1.29, 1.82) is 0 Å². The minimum Gasteiger partial charge on any atom is -0.369 e. The maximum absolute atomic E-state index is 11.1. The molecule has 1 atom stereocenters. The first-order valence-corrected chi connectivity index (χ1v) is 5.28. The third-order valence-electron chi connectivity index (χ3n) is 2.84.